The SMILES string of the molecule is C.CC(C)NC(=O)C[C@H]1CCCN(C(=O)c2ccc(N3CCCC3)cc2Cl)c2ccccc21.Cc1ccccc1C(=O)Nc1ccc(C(=O)N2CCCC(C)c3ccccc32)cc1.Cc1ccn(-c2ccc(C(=O)N3Cc4cccn4Cc4ccccc43)c(Cl)c2)n1. The molecule has 4 aliphatic heterocycles. The molecule has 9 aromatic rings. The number of rotatable bonds is 10. The summed E-state index contributed by atoms with van der Waals surface area (Å²) in [7, 11) is 0. The fourth-order valence-electron chi connectivity index (χ4n) is 12.7. The van der Waals surface area contributed by atoms with Crippen LogP contribution in [-0.4, -0.2) is 76.1 Å². The lowest BCUT2D eigenvalue weighted by Crippen LogP contribution is -2.32. The van der Waals surface area contributed by atoms with E-state index in [4.69, 9.17) is 23.2 Å². The molecule has 13 rings (SSSR count). The fourth-order valence-corrected chi connectivity index (χ4v) is 13.2. The Hall–Kier alpha value is -9.24. The Morgan fingerprint density at radius 2 is 1.16 bits per heavy atom. The molecule has 0 spiro atoms. The number of halogens is 2. The van der Waals surface area contributed by atoms with E-state index in [9.17, 15) is 24.0 Å². The van der Waals surface area contributed by atoms with Crippen molar-refractivity contribution in [2.75, 3.05) is 51.1 Å². The van der Waals surface area contributed by atoms with E-state index in [1.54, 1.807) is 47.1 Å². The number of benzene rings is 7. The molecular formula is C76H81Cl2N9O5. The Kier molecular flexibility index (Phi) is 21.3. The minimum Gasteiger partial charge on any atom is -0.371 e. The summed E-state index contributed by atoms with van der Waals surface area (Å²) in [6.07, 6.45) is 10.5. The second kappa shape index (κ2) is 29.8. The van der Waals surface area contributed by atoms with E-state index in [1.807, 2.05) is 170 Å². The van der Waals surface area contributed by atoms with Crippen LogP contribution in [0.25, 0.3) is 5.69 Å². The minimum absolute atomic E-state index is 0. The van der Waals surface area contributed by atoms with Crippen molar-refractivity contribution in [3.05, 3.63) is 254 Å². The average Bonchev–Trinajstić information content (AvgIpc) is 1.55. The van der Waals surface area contributed by atoms with Gasteiger partial charge in [-0.05, 0) is 203 Å². The summed E-state index contributed by atoms with van der Waals surface area (Å²) < 4.78 is 3.93. The van der Waals surface area contributed by atoms with Gasteiger partial charge in [0.05, 0.1) is 39.1 Å². The highest BCUT2D eigenvalue weighted by molar-refractivity contribution is 6.35. The maximum Gasteiger partial charge on any atom is 0.260 e. The molecule has 1 unspecified atom stereocenters. The molecule has 5 amide bonds. The molecule has 92 heavy (non-hydrogen) atoms. The van der Waals surface area contributed by atoms with E-state index in [-0.39, 0.29) is 48.9 Å². The van der Waals surface area contributed by atoms with Gasteiger partial charge >= 0.3 is 0 Å². The number of nitrogens with one attached hydrogen (secondary N) is 2. The lowest BCUT2D eigenvalue weighted by atomic mass is 9.90. The number of carbonyl (C=O) groups is 5. The van der Waals surface area contributed by atoms with Crippen molar-refractivity contribution in [3.8, 4) is 5.69 Å². The molecule has 474 valence electrons. The number of nitrogens with zero attached hydrogens (tertiary/aromatic N) is 7. The van der Waals surface area contributed by atoms with Gasteiger partial charge < -0.3 is 34.8 Å². The summed E-state index contributed by atoms with van der Waals surface area (Å²) in [6, 6.07) is 56.1. The first kappa shape index (κ1) is 65.7. The minimum atomic E-state index is -0.150. The lowest BCUT2D eigenvalue weighted by molar-refractivity contribution is -0.122. The molecule has 4 aliphatic rings. The molecule has 2 N–H and O–H groups in total. The van der Waals surface area contributed by atoms with E-state index < -0.39 is 0 Å². The van der Waals surface area contributed by atoms with E-state index in [1.165, 1.54) is 18.4 Å². The van der Waals surface area contributed by atoms with Gasteiger partial charge in [-0.1, -0.05) is 110 Å². The van der Waals surface area contributed by atoms with Crippen molar-refractivity contribution >= 4 is 81.2 Å². The third-order valence-electron chi connectivity index (χ3n) is 17.5. The van der Waals surface area contributed by atoms with Crippen molar-refractivity contribution in [1.82, 2.24) is 19.7 Å². The molecule has 0 aliphatic carbocycles. The van der Waals surface area contributed by atoms with Gasteiger partial charge in [0.15, 0.2) is 0 Å². The highest BCUT2D eigenvalue weighted by Crippen LogP contribution is 2.39. The maximum atomic E-state index is 13.6. The number of aryl methyl sites for hydroxylation is 2. The zero-order chi connectivity index (χ0) is 63.7. The number of fused-ring (bicyclic) bond motifs is 4. The van der Waals surface area contributed by atoms with Crippen molar-refractivity contribution in [2.24, 2.45) is 0 Å². The molecule has 0 radical (unpaired) electrons. The highest BCUT2D eigenvalue weighted by atomic mass is 35.5. The standard InChI is InChI=1S/C26H32ClN3O2.C26H26N2O2.C23H19ClN4O.CH4/c1-18(2)28-25(31)16-19-8-7-15-30(24-10-4-3-9-21(19)24)26(32)22-12-11-20(17-23(22)27)29-13-5-6-14-29;1-18-9-7-17-28(24-12-6-5-10-22(18)24)26(30)20-13-15-21(16-14-20)27-25(29)23-11-4-3-8-19(23)2;1-16-10-12-28(25-16)18-8-9-20(21(24)13-18)23(29)27-15-19-6-4-11-26(19)14-17-5-2-3-7-22(17)27;/h3-4,9-12,17-19H,5-8,13-16H2,1-2H3,(H,28,31);3-6,8,10-16,18H,7,9,17H2,1-2H3,(H,27,29);2-13H,14-15H2,1H3;1H4/t19-;;;/m1.../s1. The molecule has 16 heteroatoms. The van der Waals surface area contributed by atoms with Crippen LogP contribution in [-0.2, 0) is 17.9 Å². The molecule has 6 heterocycles. The van der Waals surface area contributed by atoms with Crippen LogP contribution in [0.2, 0.25) is 10.0 Å². The second-order valence-corrected chi connectivity index (χ2v) is 25.1. The molecule has 0 saturated carbocycles. The normalized spacial score (nSPS) is 15.7. The molecule has 1 fully saturated rings. The first-order valence-corrected chi connectivity index (χ1v) is 32.3. The summed E-state index contributed by atoms with van der Waals surface area (Å²) in [4.78, 5) is 73.2. The first-order chi connectivity index (χ1) is 44.1. The number of para-hydroxylation sites is 3. The van der Waals surface area contributed by atoms with Crippen LogP contribution >= 0.6 is 23.2 Å². The van der Waals surface area contributed by atoms with Crippen LogP contribution in [0.5, 0.6) is 0 Å². The number of anilines is 5. The van der Waals surface area contributed by atoms with Gasteiger partial charge in [0.2, 0.25) is 5.91 Å². The maximum absolute atomic E-state index is 13.6. The lowest BCUT2D eigenvalue weighted by Gasteiger charge is -2.25. The predicted octanol–water partition coefficient (Wildman–Crippen LogP) is 16.7. The van der Waals surface area contributed by atoms with Crippen LogP contribution in [0.15, 0.2) is 188 Å². The summed E-state index contributed by atoms with van der Waals surface area (Å²) in [5.41, 5.74) is 14.0. The number of hydrogen-bond acceptors (Lipinski definition) is 7. The first-order valence-electron chi connectivity index (χ1n) is 31.6. The third kappa shape index (κ3) is 15.1. The van der Waals surface area contributed by atoms with Gasteiger partial charge in [-0.2, -0.15) is 5.10 Å². The van der Waals surface area contributed by atoms with Crippen LogP contribution in [0.3, 0.4) is 0 Å². The second-order valence-electron chi connectivity index (χ2n) is 24.3. The Morgan fingerprint density at radius 1 is 0.565 bits per heavy atom. The summed E-state index contributed by atoms with van der Waals surface area (Å²) in [5.74, 6) is 0.243. The summed E-state index contributed by atoms with van der Waals surface area (Å²) >= 11 is 13.2. The zero-order valence-electron chi connectivity index (χ0n) is 52.2. The van der Waals surface area contributed by atoms with E-state index in [2.05, 4.69) is 50.3 Å². The molecular weight excluding hydrogens is 1190 g/mol. The molecule has 0 bridgehead atoms. The summed E-state index contributed by atoms with van der Waals surface area (Å²) in [5, 5.41) is 11.2. The Labute approximate surface area is 550 Å². The van der Waals surface area contributed by atoms with Gasteiger partial charge in [0.25, 0.3) is 23.6 Å². The predicted molar refractivity (Wildman–Crippen MR) is 373 cm³/mol. The molecule has 7 aromatic carbocycles. The summed E-state index contributed by atoms with van der Waals surface area (Å²) in [6.45, 7) is 14.7. The highest BCUT2D eigenvalue weighted by Gasteiger charge is 2.31. The molecule has 2 aromatic heterocycles. The fraction of sp³-hybridized carbons (Fsp3) is 0.289. The van der Waals surface area contributed by atoms with Gasteiger partial charge in [-0.3, -0.25) is 24.0 Å². The number of carbonyl (C=O) groups excluding carboxylic acids is 5. The molecule has 14 nitrogen and oxygen atoms in total. The average molecular weight is 1270 g/mol. The number of amides is 5. The van der Waals surface area contributed by atoms with Crippen LogP contribution < -0.4 is 30.2 Å². The number of aromatic nitrogens is 3. The molecule has 1 saturated heterocycles. The van der Waals surface area contributed by atoms with Crippen molar-refractivity contribution in [1.29, 1.82) is 0 Å². The largest absolute Gasteiger partial charge is 0.371 e. The van der Waals surface area contributed by atoms with Gasteiger partial charge in [-0.25, -0.2) is 4.68 Å². The van der Waals surface area contributed by atoms with Crippen molar-refractivity contribution < 1.29 is 24.0 Å². The van der Waals surface area contributed by atoms with Gasteiger partial charge in [-0.15, -0.1) is 0 Å². The Morgan fingerprint density at radius 3 is 1.84 bits per heavy atom. The molecule has 2 atom stereocenters. The van der Waals surface area contributed by atoms with Crippen LogP contribution in [0.4, 0.5) is 28.4 Å². The van der Waals surface area contributed by atoms with E-state index in [0.29, 0.717) is 70.0 Å². The van der Waals surface area contributed by atoms with Crippen molar-refractivity contribution in [2.45, 2.75) is 118 Å². The van der Waals surface area contributed by atoms with E-state index >= 15 is 0 Å². The monoisotopic (exact) mass is 1270 g/mol. The third-order valence-corrected chi connectivity index (χ3v) is 18.1. The van der Waals surface area contributed by atoms with Crippen LogP contribution in [0.1, 0.15) is 160 Å². The van der Waals surface area contributed by atoms with Crippen molar-refractivity contribution in [3.63, 3.8) is 0 Å². The zero-order valence-corrected chi connectivity index (χ0v) is 53.8. The quantitative estimate of drug-likeness (QED) is 0.139. The smallest absolute Gasteiger partial charge is 0.260 e. The van der Waals surface area contributed by atoms with E-state index in [0.717, 1.165) is 102 Å². The van der Waals surface area contributed by atoms with Crippen LogP contribution in [0, 0.1) is 13.8 Å². The Bertz CT molecular complexity index is 4110. The number of hydrogen-bond donors (Lipinski definition) is 2. The Balaban J connectivity index is 0.000000151. The van der Waals surface area contributed by atoms with Gasteiger partial charge in [0.1, 0.15) is 0 Å². The topological polar surface area (TPSA) is 145 Å². The van der Waals surface area contributed by atoms with Gasteiger partial charge in [0, 0.05) is 103 Å².